The van der Waals surface area contributed by atoms with Crippen LogP contribution in [-0.4, -0.2) is 25.6 Å². The SMILES string of the molecule is CCOc1ccc(CCNCCCCl)cc1. The molecule has 16 heavy (non-hydrogen) atoms. The van der Waals surface area contributed by atoms with E-state index >= 15 is 0 Å². The van der Waals surface area contributed by atoms with Crippen LogP contribution in [-0.2, 0) is 6.42 Å². The van der Waals surface area contributed by atoms with Crippen molar-refractivity contribution in [2.24, 2.45) is 0 Å². The molecule has 2 nitrogen and oxygen atoms in total. The quantitative estimate of drug-likeness (QED) is 0.558. The van der Waals surface area contributed by atoms with E-state index in [1.54, 1.807) is 0 Å². The van der Waals surface area contributed by atoms with E-state index in [1.807, 2.05) is 19.1 Å². The Morgan fingerprint density at radius 3 is 2.56 bits per heavy atom. The predicted octanol–water partition coefficient (Wildman–Crippen LogP) is 2.85. The summed E-state index contributed by atoms with van der Waals surface area (Å²) in [7, 11) is 0. The van der Waals surface area contributed by atoms with Gasteiger partial charge in [0.2, 0.25) is 0 Å². The second-order valence-corrected chi connectivity index (χ2v) is 4.00. The molecule has 0 atom stereocenters. The second-order valence-electron chi connectivity index (χ2n) is 3.62. The van der Waals surface area contributed by atoms with Crippen molar-refractivity contribution in [1.82, 2.24) is 5.32 Å². The van der Waals surface area contributed by atoms with Gasteiger partial charge in [0.25, 0.3) is 0 Å². The Balaban J connectivity index is 2.21. The van der Waals surface area contributed by atoms with Crippen LogP contribution >= 0.6 is 11.6 Å². The molecule has 1 N–H and O–H groups in total. The first-order valence-corrected chi connectivity index (χ1v) is 6.38. The summed E-state index contributed by atoms with van der Waals surface area (Å²) in [5.41, 5.74) is 1.34. The molecule has 0 radical (unpaired) electrons. The molecular weight excluding hydrogens is 222 g/mol. The Hall–Kier alpha value is -0.730. The number of alkyl halides is 1. The van der Waals surface area contributed by atoms with Gasteiger partial charge >= 0.3 is 0 Å². The molecule has 0 heterocycles. The van der Waals surface area contributed by atoms with Crippen LogP contribution in [0.5, 0.6) is 5.75 Å². The maximum Gasteiger partial charge on any atom is 0.119 e. The largest absolute Gasteiger partial charge is 0.494 e. The standard InChI is InChI=1S/C13H20ClNO/c1-2-16-13-6-4-12(5-7-13)8-11-15-10-3-9-14/h4-7,15H,2-3,8-11H2,1H3. The zero-order chi connectivity index (χ0) is 11.6. The average molecular weight is 242 g/mol. The first-order chi connectivity index (χ1) is 7.86. The monoisotopic (exact) mass is 241 g/mol. The smallest absolute Gasteiger partial charge is 0.119 e. The first-order valence-electron chi connectivity index (χ1n) is 5.85. The lowest BCUT2D eigenvalue weighted by Crippen LogP contribution is -2.18. The summed E-state index contributed by atoms with van der Waals surface area (Å²) >= 11 is 5.59. The molecule has 90 valence electrons. The van der Waals surface area contributed by atoms with Gasteiger partial charge in [0.1, 0.15) is 5.75 Å². The van der Waals surface area contributed by atoms with Gasteiger partial charge in [0, 0.05) is 5.88 Å². The van der Waals surface area contributed by atoms with Crippen LogP contribution in [0, 0.1) is 0 Å². The van der Waals surface area contributed by atoms with E-state index in [-0.39, 0.29) is 0 Å². The number of rotatable bonds is 8. The summed E-state index contributed by atoms with van der Waals surface area (Å²) in [6, 6.07) is 8.29. The molecule has 3 heteroatoms. The van der Waals surface area contributed by atoms with E-state index < -0.39 is 0 Å². The zero-order valence-corrected chi connectivity index (χ0v) is 10.6. The van der Waals surface area contributed by atoms with E-state index in [0.717, 1.165) is 44.2 Å². The summed E-state index contributed by atoms with van der Waals surface area (Å²) in [4.78, 5) is 0. The van der Waals surface area contributed by atoms with Crippen LogP contribution in [0.2, 0.25) is 0 Å². The van der Waals surface area contributed by atoms with Crippen molar-refractivity contribution in [3.05, 3.63) is 29.8 Å². The van der Waals surface area contributed by atoms with Gasteiger partial charge in [-0.2, -0.15) is 0 Å². The highest BCUT2D eigenvalue weighted by Crippen LogP contribution is 2.12. The summed E-state index contributed by atoms with van der Waals surface area (Å²) in [5, 5.41) is 3.36. The lowest BCUT2D eigenvalue weighted by molar-refractivity contribution is 0.340. The third-order valence-electron chi connectivity index (χ3n) is 2.31. The maximum atomic E-state index is 5.59. The predicted molar refractivity (Wildman–Crippen MR) is 69.5 cm³/mol. The van der Waals surface area contributed by atoms with Gasteiger partial charge in [-0.25, -0.2) is 0 Å². The van der Waals surface area contributed by atoms with Crippen molar-refractivity contribution in [2.75, 3.05) is 25.6 Å². The minimum atomic E-state index is 0.722. The lowest BCUT2D eigenvalue weighted by Gasteiger charge is -2.06. The van der Waals surface area contributed by atoms with Gasteiger partial charge < -0.3 is 10.1 Å². The Labute approximate surface area is 103 Å². The van der Waals surface area contributed by atoms with E-state index in [9.17, 15) is 0 Å². The van der Waals surface area contributed by atoms with Crippen molar-refractivity contribution in [3.63, 3.8) is 0 Å². The van der Waals surface area contributed by atoms with Crippen molar-refractivity contribution >= 4 is 11.6 Å². The normalized spacial score (nSPS) is 10.4. The number of ether oxygens (including phenoxy) is 1. The van der Waals surface area contributed by atoms with E-state index in [2.05, 4.69) is 17.4 Å². The number of hydrogen-bond acceptors (Lipinski definition) is 2. The van der Waals surface area contributed by atoms with Gasteiger partial charge in [0.05, 0.1) is 6.61 Å². The van der Waals surface area contributed by atoms with Crippen LogP contribution in [0.3, 0.4) is 0 Å². The minimum Gasteiger partial charge on any atom is -0.494 e. The molecule has 1 rings (SSSR count). The second kappa shape index (κ2) is 8.43. The van der Waals surface area contributed by atoms with Gasteiger partial charge in [-0.15, -0.1) is 11.6 Å². The molecule has 0 saturated carbocycles. The van der Waals surface area contributed by atoms with E-state index in [0.29, 0.717) is 0 Å². The Morgan fingerprint density at radius 1 is 1.19 bits per heavy atom. The van der Waals surface area contributed by atoms with Crippen LogP contribution in [0.1, 0.15) is 18.9 Å². The van der Waals surface area contributed by atoms with E-state index in [1.165, 1.54) is 5.56 Å². The number of benzene rings is 1. The third-order valence-corrected chi connectivity index (χ3v) is 2.58. The zero-order valence-electron chi connectivity index (χ0n) is 9.84. The highest BCUT2D eigenvalue weighted by Gasteiger charge is 1.95. The summed E-state index contributed by atoms with van der Waals surface area (Å²) in [5.74, 6) is 1.68. The van der Waals surface area contributed by atoms with Crippen LogP contribution in [0.25, 0.3) is 0 Å². The van der Waals surface area contributed by atoms with Crippen LogP contribution in [0.4, 0.5) is 0 Å². The van der Waals surface area contributed by atoms with E-state index in [4.69, 9.17) is 16.3 Å². The van der Waals surface area contributed by atoms with Gasteiger partial charge in [0.15, 0.2) is 0 Å². The van der Waals surface area contributed by atoms with Crippen molar-refractivity contribution in [1.29, 1.82) is 0 Å². The summed E-state index contributed by atoms with van der Waals surface area (Å²) in [6.45, 7) is 4.72. The number of nitrogens with one attached hydrogen (secondary N) is 1. The summed E-state index contributed by atoms with van der Waals surface area (Å²) < 4.78 is 5.39. The van der Waals surface area contributed by atoms with Gasteiger partial charge in [-0.1, -0.05) is 12.1 Å². The molecule has 1 aromatic rings. The van der Waals surface area contributed by atoms with Gasteiger partial charge in [-0.05, 0) is 50.6 Å². The van der Waals surface area contributed by atoms with Crippen molar-refractivity contribution < 1.29 is 4.74 Å². The van der Waals surface area contributed by atoms with Gasteiger partial charge in [-0.3, -0.25) is 0 Å². The lowest BCUT2D eigenvalue weighted by atomic mass is 10.1. The molecule has 0 aliphatic carbocycles. The fourth-order valence-corrected chi connectivity index (χ4v) is 1.60. The molecule has 0 spiro atoms. The first kappa shape index (κ1) is 13.3. The van der Waals surface area contributed by atoms with Crippen LogP contribution in [0.15, 0.2) is 24.3 Å². The molecule has 0 fully saturated rings. The number of halogens is 1. The Kier molecular flexibility index (Phi) is 7.02. The third kappa shape index (κ3) is 5.38. The molecule has 0 saturated heterocycles. The molecule has 0 aliphatic heterocycles. The number of hydrogen-bond donors (Lipinski definition) is 1. The average Bonchev–Trinajstić information content (AvgIpc) is 2.31. The molecule has 0 aromatic heterocycles. The molecule has 1 aromatic carbocycles. The van der Waals surface area contributed by atoms with Crippen molar-refractivity contribution in [3.8, 4) is 5.75 Å². The molecule has 0 amide bonds. The molecule has 0 bridgehead atoms. The highest BCUT2D eigenvalue weighted by atomic mass is 35.5. The maximum absolute atomic E-state index is 5.59. The highest BCUT2D eigenvalue weighted by molar-refractivity contribution is 6.17. The van der Waals surface area contributed by atoms with Crippen LogP contribution < -0.4 is 10.1 Å². The Bertz CT molecular complexity index is 274. The fourth-order valence-electron chi connectivity index (χ4n) is 1.47. The Morgan fingerprint density at radius 2 is 1.94 bits per heavy atom. The fraction of sp³-hybridized carbons (Fsp3) is 0.538. The topological polar surface area (TPSA) is 21.3 Å². The molecule has 0 aliphatic rings. The molecule has 0 unspecified atom stereocenters. The molecular formula is C13H20ClNO. The summed E-state index contributed by atoms with van der Waals surface area (Å²) in [6.07, 6.45) is 2.08. The minimum absolute atomic E-state index is 0.722. The van der Waals surface area contributed by atoms with Crippen molar-refractivity contribution in [2.45, 2.75) is 19.8 Å².